The number of halogens is 2. The van der Waals surface area contributed by atoms with Crippen LogP contribution in [-0.4, -0.2) is 37.0 Å². The molecule has 0 aromatic heterocycles. The molecule has 0 spiro atoms. The molecule has 1 aliphatic carbocycles. The Morgan fingerprint density at radius 2 is 2.14 bits per heavy atom. The van der Waals surface area contributed by atoms with Crippen LogP contribution >= 0.6 is 24.0 Å². The van der Waals surface area contributed by atoms with E-state index in [1.54, 1.807) is 18.0 Å². The molecule has 4 nitrogen and oxygen atoms in total. The van der Waals surface area contributed by atoms with E-state index in [2.05, 4.69) is 0 Å². The van der Waals surface area contributed by atoms with Gasteiger partial charge in [0.2, 0.25) is 5.91 Å². The van der Waals surface area contributed by atoms with E-state index in [1.165, 1.54) is 0 Å². The Labute approximate surface area is 143 Å². The van der Waals surface area contributed by atoms with E-state index in [0.717, 1.165) is 19.3 Å². The fraction of sp³-hybridized carbons (Fsp3) is 0.562. The van der Waals surface area contributed by atoms with Crippen molar-refractivity contribution in [3.8, 4) is 5.75 Å². The van der Waals surface area contributed by atoms with Gasteiger partial charge >= 0.3 is 0 Å². The number of hydrogen-bond donors (Lipinski definition) is 1. The number of amides is 1. The average Bonchev–Trinajstić information content (AvgIpc) is 2.86. The summed E-state index contributed by atoms with van der Waals surface area (Å²) in [5, 5.41) is 0.586. The molecule has 124 valence electrons. The van der Waals surface area contributed by atoms with Gasteiger partial charge in [-0.05, 0) is 30.9 Å². The van der Waals surface area contributed by atoms with E-state index >= 15 is 0 Å². The Morgan fingerprint density at radius 1 is 1.41 bits per heavy atom. The van der Waals surface area contributed by atoms with Crippen molar-refractivity contribution in [1.29, 1.82) is 0 Å². The molecule has 1 saturated carbocycles. The highest BCUT2D eigenvalue weighted by Gasteiger charge is 2.27. The van der Waals surface area contributed by atoms with Crippen molar-refractivity contribution in [3.05, 3.63) is 29.3 Å². The third kappa shape index (κ3) is 5.34. The number of nitrogens with zero attached hydrogens (tertiary/aromatic N) is 1. The van der Waals surface area contributed by atoms with Crippen LogP contribution in [0.4, 0.5) is 0 Å². The Hall–Kier alpha value is -0.970. The second kappa shape index (κ2) is 9.23. The predicted octanol–water partition coefficient (Wildman–Crippen LogP) is 3.12. The van der Waals surface area contributed by atoms with Gasteiger partial charge in [0, 0.05) is 19.5 Å². The highest BCUT2D eigenvalue weighted by atomic mass is 35.5. The lowest BCUT2D eigenvalue weighted by atomic mass is 9.99. The van der Waals surface area contributed by atoms with Gasteiger partial charge in [-0.15, -0.1) is 12.4 Å². The minimum absolute atomic E-state index is 0. The topological polar surface area (TPSA) is 55.6 Å². The largest absolute Gasteiger partial charge is 0.490 e. The predicted molar refractivity (Wildman–Crippen MR) is 91.8 cm³/mol. The highest BCUT2D eigenvalue weighted by molar-refractivity contribution is 6.32. The van der Waals surface area contributed by atoms with Gasteiger partial charge in [0.25, 0.3) is 0 Å². The number of ether oxygens (including phenoxy) is 1. The molecule has 1 aromatic rings. The van der Waals surface area contributed by atoms with Crippen LogP contribution in [0.15, 0.2) is 24.3 Å². The summed E-state index contributed by atoms with van der Waals surface area (Å²) in [6.07, 6.45) is 3.79. The summed E-state index contributed by atoms with van der Waals surface area (Å²) in [5.74, 6) is 1.13. The molecule has 1 amide bonds. The Morgan fingerprint density at radius 3 is 2.77 bits per heavy atom. The minimum Gasteiger partial charge on any atom is -0.490 e. The number of benzene rings is 1. The Kier molecular flexibility index (Phi) is 8.01. The zero-order chi connectivity index (χ0) is 15.2. The van der Waals surface area contributed by atoms with Gasteiger partial charge in [0.15, 0.2) is 0 Å². The normalized spacial score (nSPS) is 20.3. The lowest BCUT2D eigenvalue weighted by Crippen LogP contribution is -2.35. The fourth-order valence-corrected chi connectivity index (χ4v) is 2.87. The van der Waals surface area contributed by atoms with Crippen LogP contribution in [0.25, 0.3) is 0 Å². The molecule has 22 heavy (non-hydrogen) atoms. The van der Waals surface area contributed by atoms with Crippen molar-refractivity contribution in [2.75, 3.05) is 20.2 Å². The van der Waals surface area contributed by atoms with Crippen molar-refractivity contribution in [2.24, 2.45) is 11.7 Å². The zero-order valence-electron chi connectivity index (χ0n) is 12.8. The molecule has 1 aliphatic rings. The molecule has 1 aromatic carbocycles. The second-order valence-corrected chi connectivity index (χ2v) is 6.06. The molecule has 2 rings (SSSR count). The van der Waals surface area contributed by atoms with Crippen LogP contribution < -0.4 is 10.5 Å². The van der Waals surface area contributed by atoms with Gasteiger partial charge in [-0.25, -0.2) is 0 Å². The van der Waals surface area contributed by atoms with E-state index in [4.69, 9.17) is 22.1 Å². The number of rotatable bonds is 6. The van der Waals surface area contributed by atoms with Gasteiger partial charge in [-0.3, -0.25) is 4.79 Å². The molecule has 0 heterocycles. The maximum absolute atomic E-state index is 12.1. The first kappa shape index (κ1) is 19.1. The van der Waals surface area contributed by atoms with Crippen LogP contribution in [0.2, 0.25) is 5.02 Å². The number of likely N-dealkylation sites (N-methyl/N-ethyl adjacent to an activating group) is 1. The summed E-state index contributed by atoms with van der Waals surface area (Å²) in [7, 11) is 1.80. The number of carbonyl (C=O) groups excluding carboxylic acids is 1. The summed E-state index contributed by atoms with van der Waals surface area (Å²) in [6, 6.07) is 7.52. The SMILES string of the molecule is CN(CCOc1ccccc1Cl)C(=O)C[C@@H]1CCC[C@H]1N.Cl. The zero-order valence-corrected chi connectivity index (χ0v) is 14.4. The highest BCUT2D eigenvalue weighted by Crippen LogP contribution is 2.27. The molecule has 1 fully saturated rings. The number of nitrogens with two attached hydrogens (primary N) is 1. The van der Waals surface area contributed by atoms with Crippen LogP contribution in [0.1, 0.15) is 25.7 Å². The van der Waals surface area contributed by atoms with Gasteiger partial charge in [0.05, 0.1) is 11.6 Å². The molecular formula is C16H24Cl2N2O2. The maximum atomic E-state index is 12.1. The Balaban J connectivity index is 0.00000242. The monoisotopic (exact) mass is 346 g/mol. The molecule has 0 aliphatic heterocycles. The standard InChI is InChI=1S/C16H23ClN2O2.ClH/c1-19(16(20)11-12-5-4-7-14(12)18)9-10-21-15-8-3-2-6-13(15)17;/h2-3,6,8,12,14H,4-5,7,9-11,18H2,1H3;1H/t12-,14+;/m0./s1. The smallest absolute Gasteiger partial charge is 0.222 e. The number of para-hydroxylation sites is 1. The van der Waals surface area contributed by atoms with E-state index < -0.39 is 0 Å². The van der Waals surface area contributed by atoms with Crippen molar-refractivity contribution < 1.29 is 9.53 Å². The molecule has 0 saturated heterocycles. The van der Waals surface area contributed by atoms with Gasteiger partial charge < -0.3 is 15.4 Å². The fourth-order valence-electron chi connectivity index (χ4n) is 2.68. The molecule has 6 heteroatoms. The van der Waals surface area contributed by atoms with E-state index in [0.29, 0.717) is 36.3 Å². The Bertz CT molecular complexity index is 485. The summed E-state index contributed by atoms with van der Waals surface area (Å²) in [6.45, 7) is 0.981. The first-order valence-electron chi connectivity index (χ1n) is 7.45. The third-order valence-electron chi connectivity index (χ3n) is 4.10. The van der Waals surface area contributed by atoms with E-state index in [9.17, 15) is 4.79 Å². The van der Waals surface area contributed by atoms with E-state index in [-0.39, 0.29) is 24.4 Å². The molecule has 0 bridgehead atoms. The van der Waals surface area contributed by atoms with Crippen molar-refractivity contribution in [1.82, 2.24) is 4.90 Å². The lowest BCUT2D eigenvalue weighted by Gasteiger charge is -2.21. The molecular weight excluding hydrogens is 323 g/mol. The van der Waals surface area contributed by atoms with Crippen molar-refractivity contribution >= 4 is 29.9 Å². The first-order valence-corrected chi connectivity index (χ1v) is 7.82. The first-order chi connectivity index (χ1) is 10.1. The number of hydrogen-bond acceptors (Lipinski definition) is 3. The molecule has 0 radical (unpaired) electrons. The van der Waals surface area contributed by atoms with Gasteiger partial charge in [-0.2, -0.15) is 0 Å². The van der Waals surface area contributed by atoms with Crippen molar-refractivity contribution in [2.45, 2.75) is 31.7 Å². The number of carbonyl (C=O) groups is 1. The van der Waals surface area contributed by atoms with Crippen molar-refractivity contribution in [3.63, 3.8) is 0 Å². The van der Waals surface area contributed by atoms with Crippen LogP contribution in [0.5, 0.6) is 5.75 Å². The average molecular weight is 347 g/mol. The van der Waals surface area contributed by atoms with Crippen LogP contribution in [0, 0.1) is 5.92 Å². The third-order valence-corrected chi connectivity index (χ3v) is 4.41. The molecule has 2 atom stereocenters. The summed E-state index contributed by atoms with van der Waals surface area (Å²) < 4.78 is 5.60. The minimum atomic E-state index is 0. The summed E-state index contributed by atoms with van der Waals surface area (Å²) >= 11 is 6.01. The molecule has 2 N–H and O–H groups in total. The van der Waals surface area contributed by atoms with Crippen LogP contribution in [-0.2, 0) is 4.79 Å². The maximum Gasteiger partial charge on any atom is 0.222 e. The molecule has 0 unspecified atom stereocenters. The lowest BCUT2D eigenvalue weighted by molar-refractivity contribution is -0.131. The van der Waals surface area contributed by atoms with E-state index in [1.807, 2.05) is 18.2 Å². The summed E-state index contributed by atoms with van der Waals surface area (Å²) in [5.41, 5.74) is 6.01. The summed E-state index contributed by atoms with van der Waals surface area (Å²) in [4.78, 5) is 13.9. The quantitative estimate of drug-likeness (QED) is 0.860. The van der Waals surface area contributed by atoms with Crippen LogP contribution in [0.3, 0.4) is 0 Å². The van der Waals surface area contributed by atoms with Gasteiger partial charge in [0.1, 0.15) is 12.4 Å². The second-order valence-electron chi connectivity index (χ2n) is 5.65. The van der Waals surface area contributed by atoms with Gasteiger partial charge in [-0.1, -0.05) is 30.2 Å².